The average Bonchev–Trinajstić information content (AvgIpc) is 3.04. The summed E-state index contributed by atoms with van der Waals surface area (Å²) in [5.74, 6) is 2.14. The zero-order valence-electron chi connectivity index (χ0n) is 12.2. The first-order chi connectivity index (χ1) is 8.48. The highest BCUT2D eigenvalue weighted by molar-refractivity contribution is 5.04. The van der Waals surface area contributed by atoms with Crippen LogP contribution in [0.2, 0.25) is 0 Å². The Bertz CT molecular complexity index is 304. The van der Waals surface area contributed by atoms with Crippen molar-refractivity contribution in [2.45, 2.75) is 77.0 Å². The number of hydrogen-bond donors (Lipinski definition) is 1. The first-order valence-corrected chi connectivity index (χ1v) is 7.96. The monoisotopic (exact) mass is 251 g/mol. The molecule has 2 nitrogen and oxygen atoms in total. The van der Waals surface area contributed by atoms with Gasteiger partial charge in [0.25, 0.3) is 0 Å². The molecule has 0 bridgehead atoms. The molecule has 0 spiro atoms. The molecule has 1 saturated heterocycles. The molecule has 1 N–H and O–H groups in total. The maximum Gasteiger partial charge on any atom is 0.0817 e. The summed E-state index contributed by atoms with van der Waals surface area (Å²) in [6.07, 6.45) is 7.57. The molecule has 3 fully saturated rings. The first kappa shape index (κ1) is 12.9. The van der Waals surface area contributed by atoms with Crippen molar-refractivity contribution < 1.29 is 5.11 Å². The van der Waals surface area contributed by atoms with Gasteiger partial charge in [0.15, 0.2) is 0 Å². The summed E-state index contributed by atoms with van der Waals surface area (Å²) in [5.41, 5.74) is -0.384. The van der Waals surface area contributed by atoms with Crippen molar-refractivity contribution in [2.75, 3.05) is 6.54 Å². The van der Waals surface area contributed by atoms with Crippen LogP contribution in [0.3, 0.4) is 0 Å². The summed E-state index contributed by atoms with van der Waals surface area (Å²) in [5, 5.41) is 11.1. The Morgan fingerprint density at radius 2 is 1.61 bits per heavy atom. The van der Waals surface area contributed by atoms with Gasteiger partial charge in [0, 0.05) is 18.6 Å². The zero-order valence-corrected chi connectivity index (χ0v) is 12.2. The first-order valence-electron chi connectivity index (χ1n) is 7.96. The highest BCUT2D eigenvalue weighted by Crippen LogP contribution is 2.46. The van der Waals surface area contributed by atoms with E-state index >= 15 is 0 Å². The van der Waals surface area contributed by atoms with Crippen LogP contribution >= 0.6 is 0 Å². The second kappa shape index (κ2) is 4.49. The lowest BCUT2D eigenvalue weighted by Gasteiger charge is -2.40. The van der Waals surface area contributed by atoms with Crippen LogP contribution in [0.4, 0.5) is 0 Å². The van der Waals surface area contributed by atoms with Gasteiger partial charge in [-0.3, -0.25) is 4.90 Å². The van der Waals surface area contributed by atoms with E-state index in [1.807, 2.05) is 0 Å². The molecule has 2 saturated carbocycles. The molecular weight excluding hydrogens is 222 g/mol. The largest absolute Gasteiger partial charge is 0.388 e. The predicted octanol–water partition coefficient (Wildman–Crippen LogP) is 3.05. The Balaban J connectivity index is 1.70. The fourth-order valence-corrected chi connectivity index (χ4v) is 4.74. The molecule has 0 amide bonds. The quantitative estimate of drug-likeness (QED) is 0.815. The molecule has 2 heteroatoms. The Hall–Kier alpha value is -0.0800. The zero-order chi connectivity index (χ0) is 12.9. The fraction of sp³-hybridized carbons (Fsp3) is 1.00. The van der Waals surface area contributed by atoms with Crippen molar-refractivity contribution in [1.29, 1.82) is 0 Å². The maximum atomic E-state index is 11.1. The van der Waals surface area contributed by atoms with Crippen LogP contribution < -0.4 is 0 Å². The minimum Gasteiger partial charge on any atom is -0.388 e. The molecule has 0 aromatic heterocycles. The minimum atomic E-state index is -0.384. The Morgan fingerprint density at radius 3 is 2.17 bits per heavy atom. The smallest absolute Gasteiger partial charge is 0.0817 e. The highest BCUT2D eigenvalue weighted by atomic mass is 16.3. The SMILES string of the molecule is CC1CC(C)CC(C2(O)CC(C)N(C3CC3)C2)C1. The van der Waals surface area contributed by atoms with Crippen LogP contribution in [-0.4, -0.2) is 34.2 Å². The summed E-state index contributed by atoms with van der Waals surface area (Å²) in [7, 11) is 0. The van der Waals surface area contributed by atoms with E-state index in [4.69, 9.17) is 0 Å². The van der Waals surface area contributed by atoms with E-state index < -0.39 is 0 Å². The van der Waals surface area contributed by atoms with E-state index in [0.29, 0.717) is 12.0 Å². The van der Waals surface area contributed by atoms with Crippen LogP contribution in [0, 0.1) is 17.8 Å². The number of rotatable bonds is 2. The lowest BCUT2D eigenvalue weighted by molar-refractivity contribution is -0.0403. The van der Waals surface area contributed by atoms with E-state index in [0.717, 1.165) is 30.8 Å². The van der Waals surface area contributed by atoms with Gasteiger partial charge in [0.2, 0.25) is 0 Å². The summed E-state index contributed by atoms with van der Waals surface area (Å²) in [6.45, 7) is 7.99. The summed E-state index contributed by atoms with van der Waals surface area (Å²) in [6, 6.07) is 1.39. The van der Waals surface area contributed by atoms with E-state index in [2.05, 4.69) is 25.7 Å². The van der Waals surface area contributed by atoms with Gasteiger partial charge in [-0.25, -0.2) is 0 Å². The van der Waals surface area contributed by atoms with E-state index in [9.17, 15) is 5.11 Å². The topological polar surface area (TPSA) is 23.5 Å². The van der Waals surface area contributed by atoms with Crippen molar-refractivity contribution in [1.82, 2.24) is 4.90 Å². The van der Waals surface area contributed by atoms with Crippen molar-refractivity contribution in [3.05, 3.63) is 0 Å². The normalized spacial score (nSPS) is 50.7. The standard InChI is InChI=1S/C16H29NO/c1-11-6-12(2)8-14(7-11)16(18)9-13(3)17(10-16)15-4-5-15/h11-15,18H,4-10H2,1-3H3. The third kappa shape index (κ3) is 2.34. The Labute approximate surface area is 112 Å². The van der Waals surface area contributed by atoms with E-state index in [1.54, 1.807) is 0 Å². The summed E-state index contributed by atoms with van der Waals surface area (Å²) < 4.78 is 0. The molecule has 0 aromatic carbocycles. The van der Waals surface area contributed by atoms with Crippen molar-refractivity contribution in [3.63, 3.8) is 0 Å². The molecule has 104 valence electrons. The van der Waals surface area contributed by atoms with Crippen molar-refractivity contribution in [2.24, 2.45) is 17.8 Å². The molecule has 3 rings (SSSR count). The van der Waals surface area contributed by atoms with Crippen molar-refractivity contribution >= 4 is 0 Å². The molecule has 2 aliphatic carbocycles. The van der Waals surface area contributed by atoms with Gasteiger partial charge >= 0.3 is 0 Å². The highest BCUT2D eigenvalue weighted by Gasteiger charge is 2.50. The van der Waals surface area contributed by atoms with Crippen molar-refractivity contribution in [3.8, 4) is 0 Å². The van der Waals surface area contributed by atoms with Crippen LogP contribution in [0.25, 0.3) is 0 Å². The Morgan fingerprint density at radius 1 is 1.00 bits per heavy atom. The molecule has 0 radical (unpaired) electrons. The van der Waals surface area contributed by atoms with E-state index in [-0.39, 0.29) is 5.60 Å². The molecule has 3 aliphatic rings. The van der Waals surface area contributed by atoms with Gasteiger partial charge in [-0.15, -0.1) is 0 Å². The number of aliphatic hydroxyl groups is 1. The van der Waals surface area contributed by atoms with Crippen LogP contribution in [-0.2, 0) is 0 Å². The van der Waals surface area contributed by atoms with Gasteiger partial charge < -0.3 is 5.11 Å². The molecule has 4 atom stereocenters. The minimum absolute atomic E-state index is 0.384. The van der Waals surface area contributed by atoms with Crippen LogP contribution in [0.5, 0.6) is 0 Å². The van der Waals surface area contributed by atoms with Gasteiger partial charge in [0.05, 0.1) is 5.60 Å². The fourth-order valence-electron chi connectivity index (χ4n) is 4.74. The third-order valence-corrected chi connectivity index (χ3v) is 5.63. The summed E-state index contributed by atoms with van der Waals surface area (Å²) >= 11 is 0. The van der Waals surface area contributed by atoms with Crippen LogP contribution in [0.1, 0.15) is 59.3 Å². The predicted molar refractivity (Wildman–Crippen MR) is 74.4 cm³/mol. The lowest BCUT2D eigenvalue weighted by Crippen LogP contribution is -2.44. The van der Waals surface area contributed by atoms with Gasteiger partial charge in [0.1, 0.15) is 0 Å². The number of β-amino-alcohol motifs (C(OH)–C–C–N with tert-alkyl or cyclic N) is 1. The van der Waals surface area contributed by atoms with Gasteiger partial charge in [-0.2, -0.15) is 0 Å². The second-order valence-electron chi connectivity index (χ2n) is 7.67. The number of hydrogen-bond acceptors (Lipinski definition) is 2. The average molecular weight is 251 g/mol. The van der Waals surface area contributed by atoms with E-state index in [1.165, 1.54) is 32.1 Å². The number of likely N-dealkylation sites (tertiary alicyclic amines) is 1. The molecule has 1 aliphatic heterocycles. The van der Waals surface area contributed by atoms with Crippen LogP contribution in [0.15, 0.2) is 0 Å². The molecule has 1 heterocycles. The van der Waals surface area contributed by atoms with Gasteiger partial charge in [-0.1, -0.05) is 13.8 Å². The van der Waals surface area contributed by atoms with Gasteiger partial charge in [-0.05, 0) is 63.2 Å². The number of nitrogens with zero attached hydrogens (tertiary/aromatic N) is 1. The molecule has 4 unspecified atom stereocenters. The maximum absolute atomic E-state index is 11.1. The molecule has 0 aromatic rings. The second-order valence-corrected chi connectivity index (χ2v) is 7.67. The summed E-state index contributed by atoms with van der Waals surface area (Å²) in [4.78, 5) is 2.59. The molecular formula is C16H29NO. The molecule has 18 heavy (non-hydrogen) atoms. The third-order valence-electron chi connectivity index (χ3n) is 5.63. The Kier molecular flexibility index (Phi) is 3.22. The lowest BCUT2D eigenvalue weighted by atomic mass is 9.69.